The number of para-hydroxylation sites is 1. The molecule has 0 atom stereocenters. The fourth-order valence-corrected chi connectivity index (χ4v) is 2.50. The van der Waals surface area contributed by atoms with Crippen LogP contribution in [0, 0.1) is 36.0 Å². The molecule has 0 amide bonds. The Bertz CT molecular complexity index is 1060. The Morgan fingerprint density at radius 3 is 1.88 bits per heavy atom. The molecule has 0 spiro atoms. The van der Waals surface area contributed by atoms with Gasteiger partial charge in [-0.2, -0.15) is 0 Å². The molecule has 3 rings (SSSR count). The maximum atomic E-state index is 13.9. The summed E-state index contributed by atoms with van der Waals surface area (Å²) in [4.78, 5) is 24.9. The van der Waals surface area contributed by atoms with E-state index in [4.69, 9.17) is 0 Å². The molecule has 0 aliphatic heterocycles. The van der Waals surface area contributed by atoms with Crippen LogP contribution in [0.3, 0.4) is 0 Å². The molecule has 0 radical (unpaired) electrons. The van der Waals surface area contributed by atoms with Crippen molar-refractivity contribution in [1.82, 2.24) is 9.78 Å². The van der Waals surface area contributed by atoms with Crippen LogP contribution in [0.1, 0.15) is 21.6 Å². The largest absolute Gasteiger partial charge is 0.295 e. The molecule has 0 saturated heterocycles. The van der Waals surface area contributed by atoms with Crippen LogP contribution in [0.25, 0.3) is 5.69 Å². The van der Waals surface area contributed by atoms with Gasteiger partial charge in [0.15, 0.2) is 23.3 Å². The number of H-pyrrole nitrogens is 1. The molecule has 3 aromatic rings. The number of nitrogens with zero attached hydrogens (tertiary/aromatic N) is 1. The average Bonchev–Trinajstić information content (AvgIpc) is 2.93. The molecule has 0 aliphatic carbocycles. The van der Waals surface area contributed by atoms with Crippen molar-refractivity contribution >= 4 is 5.78 Å². The van der Waals surface area contributed by atoms with Crippen LogP contribution in [0.5, 0.6) is 0 Å². The lowest BCUT2D eigenvalue weighted by atomic mass is 10.0. The summed E-state index contributed by atoms with van der Waals surface area (Å²) in [5, 5.41) is 2.54. The third-order valence-electron chi connectivity index (χ3n) is 3.75. The van der Waals surface area contributed by atoms with Crippen LogP contribution in [-0.4, -0.2) is 15.6 Å². The molecule has 0 unspecified atom stereocenters. The van der Waals surface area contributed by atoms with Gasteiger partial charge in [0.25, 0.3) is 5.56 Å². The van der Waals surface area contributed by atoms with Crippen molar-refractivity contribution in [3.05, 3.63) is 86.6 Å². The third kappa shape index (κ3) is 2.52. The molecule has 1 heterocycles. The number of aromatic amines is 1. The second kappa shape index (κ2) is 6.25. The number of nitrogens with one attached hydrogen (secondary N) is 1. The Hall–Kier alpha value is -3.23. The Labute approximate surface area is 142 Å². The van der Waals surface area contributed by atoms with Gasteiger partial charge in [-0.1, -0.05) is 18.2 Å². The molecule has 0 saturated carbocycles. The summed E-state index contributed by atoms with van der Waals surface area (Å²) >= 11 is 0. The van der Waals surface area contributed by atoms with E-state index in [1.807, 2.05) is 0 Å². The zero-order valence-electron chi connectivity index (χ0n) is 13.0. The molecule has 9 heteroatoms. The summed E-state index contributed by atoms with van der Waals surface area (Å²) in [6, 6.07) is 7.91. The lowest BCUT2D eigenvalue weighted by Gasteiger charge is -2.06. The Balaban J connectivity index is 2.23. The zero-order valence-corrected chi connectivity index (χ0v) is 13.0. The Morgan fingerprint density at radius 2 is 1.35 bits per heavy atom. The van der Waals surface area contributed by atoms with Gasteiger partial charge in [-0.15, -0.1) is 0 Å². The first kappa shape index (κ1) is 17.6. The van der Waals surface area contributed by atoms with Crippen molar-refractivity contribution in [3.8, 4) is 5.69 Å². The molecule has 1 N–H and O–H groups in total. The van der Waals surface area contributed by atoms with Gasteiger partial charge in [0.2, 0.25) is 11.6 Å². The van der Waals surface area contributed by atoms with Crippen molar-refractivity contribution in [2.75, 3.05) is 0 Å². The van der Waals surface area contributed by atoms with E-state index in [1.54, 1.807) is 18.2 Å². The van der Waals surface area contributed by atoms with E-state index in [9.17, 15) is 31.5 Å². The van der Waals surface area contributed by atoms with Crippen LogP contribution in [0.2, 0.25) is 0 Å². The highest BCUT2D eigenvalue weighted by Gasteiger charge is 2.33. The second-order valence-electron chi connectivity index (χ2n) is 5.36. The van der Waals surface area contributed by atoms with Crippen LogP contribution in [-0.2, 0) is 0 Å². The van der Waals surface area contributed by atoms with E-state index in [-0.39, 0.29) is 5.69 Å². The number of ketones is 1. The minimum absolute atomic E-state index is 0.0900. The van der Waals surface area contributed by atoms with E-state index in [1.165, 1.54) is 19.1 Å². The predicted octanol–water partition coefficient (Wildman–Crippen LogP) is 3.40. The van der Waals surface area contributed by atoms with Crippen molar-refractivity contribution < 1.29 is 26.7 Å². The fourth-order valence-electron chi connectivity index (χ4n) is 2.50. The summed E-state index contributed by atoms with van der Waals surface area (Å²) in [7, 11) is 0. The minimum atomic E-state index is -2.39. The van der Waals surface area contributed by atoms with Crippen molar-refractivity contribution in [2.24, 2.45) is 0 Å². The Kier molecular flexibility index (Phi) is 4.23. The highest BCUT2D eigenvalue weighted by atomic mass is 19.2. The smallest absolute Gasteiger partial charge is 0.282 e. The first-order valence-electron chi connectivity index (χ1n) is 7.18. The van der Waals surface area contributed by atoms with Gasteiger partial charge in [-0.05, 0) is 19.1 Å². The van der Waals surface area contributed by atoms with Crippen LogP contribution >= 0.6 is 0 Å². The van der Waals surface area contributed by atoms with Gasteiger partial charge in [0, 0.05) is 5.69 Å². The molecule has 26 heavy (non-hydrogen) atoms. The summed E-state index contributed by atoms with van der Waals surface area (Å²) in [6.07, 6.45) is 0. The zero-order chi connectivity index (χ0) is 19.2. The molecule has 0 fully saturated rings. The average molecular weight is 368 g/mol. The molecule has 1 aromatic heterocycles. The highest BCUT2D eigenvalue weighted by Crippen LogP contribution is 2.25. The minimum Gasteiger partial charge on any atom is -0.295 e. The number of hydrogen-bond acceptors (Lipinski definition) is 2. The van der Waals surface area contributed by atoms with E-state index >= 15 is 0 Å². The van der Waals surface area contributed by atoms with E-state index in [0.29, 0.717) is 5.69 Å². The van der Waals surface area contributed by atoms with Crippen molar-refractivity contribution in [3.63, 3.8) is 0 Å². The number of carbonyl (C=O) groups is 1. The number of carbonyl (C=O) groups excluding carboxylic acids is 1. The lowest BCUT2D eigenvalue weighted by Crippen LogP contribution is -2.23. The van der Waals surface area contributed by atoms with Gasteiger partial charge in [-0.25, -0.2) is 26.6 Å². The summed E-state index contributed by atoms with van der Waals surface area (Å²) in [5.41, 5.74) is -3.16. The first-order valence-corrected chi connectivity index (χ1v) is 7.18. The monoisotopic (exact) mass is 368 g/mol. The number of aromatic nitrogens is 2. The topological polar surface area (TPSA) is 54.9 Å². The normalized spacial score (nSPS) is 11.0. The van der Waals surface area contributed by atoms with Crippen LogP contribution in [0.15, 0.2) is 35.1 Å². The SMILES string of the molecule is Cc1[nH]n(-c2ccccc2)c(=O)c1C(=O)c1c(F)c(F)c(F)c(F)c1F. The van der Waals surface area contributed by atoms with Crippen molar-refractivity contribution in [1.29, 1.82) is 0 Å². The van der Waals surface area contributed by atoms with Gasteiger partial charge in [0.05, 0.1) is 5.69 Å². The van der Waals surface area contributed by atoms with E-state index in [0.717, 1.165) is 4.68 Å². The number of aryl methyl sites for hydroxylation is 1. The second-order valence-corrected chi connectivity index (χ2v) is 5.36. The molecule has 134 valence electrons. The van der Waals surface area contributed by atoms with Gasteiger partial charge < -0.3 is 0 Å². The van der Waals surface area contributed by atoms with Crippen LogP contribution < -0.4 is 5.56 Å². The molecule has 0 aliphatic rings. The molecule has 2 aromatic carbocycles. The summed E-state index contributed by atoms with van der Waals surface area (Å²) in [6.45, 7) is 1.26. The van der Waals surface area contributed by atoms with Gasteiger partial charge in [0.1, 0.15) is 11.1 Å². The first-order chi connectivity index (χ1) is 12.3. The highest BCUT2D eigenvalue weighted by molar-refractivity contribution is 6.09. The predicted molar refractivity (Wildman–Crippen MR) is 80.8 cm³/mol. The lowest BCUT2D eigenvalue weighted by molar-refractivity contribution is 0.102. The maximum absolute atomic E-state index is 13.9. The molecular weight excluding hydrogens is 359 g/mol. The molecular formula is C17H9F5N2O2. The quantitative estimate of drug-likeness (QED) is 0.333. The summed E-state index contributed by atoms with van der Waals surface area (Å²) in [5.74, 6) is -13.1. The standard InChI is InChI=1S/C17H9F5N2O2/c1-7-9(17(26)24(23-7)8-5-3-2-4-6-8)16(25)10-11(18)13(20)15(22)14(21)12(10)19/h2-6,23H,1H3. The van der Waals surface area contributed by atoms with Gasteiger partial charge in [-0.3, -0.25) is 14.7 Å². The number of halogens is 5. The Morgan fingerprint density at radius 1 is 0.846 bits per heavy atom. The van der Waals surface area contributed by atoms with E-state index < -0.39 is 51.6 Å². The number of benzene rings is 2. The van der Waals surface area contributed by atoms with E-state index in [2.05, 4.69) is 5.10 Å². The third-order valence-corrected chi connectivity index (χ3v) is 3.75. The summed E-state index contributed by atoms with van der Waals surface area (Å²) < 4.78 is 68.5. The number of hydrogen-bond donors (Lipinski definition) is 1. The number of rotatable bonds is 3. The van der Waals surface area contributed by atoms with Crippen molar-refractivity contribution in [2.45, 2.75) is 6.92 Å². The molecule has 0 bridgehead atoms. The fraction of sp³-hybridized carbons (Fsp3) is 0.0588. The molecule has 4 nitrogen and oxygen atoms in total. The van der Waals surface area contributed by atoms with Gasteiger partial charge >= 0.3 is 0 Å². The van der Waals surface area contributed by atoms with Crippen LogP contribution in [0.4, 0.5) is 22.0 Å². The maximum Gasteiger partial charge on any atom is 0.282 e.